The zero-order valence-corrected chi connectivity index (χ0v) is 15.2. The van der Waals surface area contributed by atoms with Crippen molar-refractivity contribution < 1.29 is 23.8 Å². The van der Waals surface area contributed by atoms with Crippen molar-refractivity contribution >= 4 is 11.9 Å². The van der Waals surface area contributed by atoms with Gasteiger partial charge in [0.15, 0.2) is 5.54 Å². The summed E-state index contributed by atoms with van der Waals surface area (Å²) in [6.45, 7) is 3.37. The topological polar surface area (TPSA) is 77.1 Å². The van der Waals surface area contributed by atoms with Crippen LogP contribution in [0.15, 0.2) is 12.1 Å². The fourth-order valence-corrected chi connectivity index (χ4v) is 4.76. The number of urea groups is 1. The lowest BCUT2D eigenvalue weighted by atomic mass is 9.86. The van der Waals surface area contributed by atoms with E-state index in [1.807, 2.05) is 12.1 Å². The molecule has 7 nitrogen and oxygen atoms in total. The molecule has 142 valence electrons. The lowest BCUT2D eigenvalue weighted by Crippen LogP contribution is -2.63. The molecule has 0 unspecified atom stereocenters. The monoisotopic (exact) mass is 370 g/mol. The summed E-state index contributed by atoms with van der Waals surface area (Å²) in [5, 5.41) is 2.80. The van der Waals surface area contributed by atoms with Gasteiger partial charge in [0.05, 0.1) is 19.8 Å². The number of rotatable bonds is 3. The average molecular weight is 370 g/mol. The van der Waals surface area contributed by atoms with Crippen LogP contribution in [0.4, 0.5) is 4.79 Å². The highest BCUT2D eigenvalue weighted by Crippen LogP contribution is 2.59. The fourth-order valence-electron chi connectivity index (χ4n) is 4.76. The number of aryl methyl sites for hydroxylation is 1. The van der Waals surface area contributed by atoms with Gasteiger partial charge in [0.25, 0.3) is 5.91 Å². The lowest BCUT2D eigenvalue weighted by Gasteiger charge is -2.41. The van der Waals surface area contributed by atoms with E-state index in [1.165, 1.54) is 10.5 Å². The first-order valence-corrected chi connectivity index (χ1v) is 9.69. The van der Waals surface area contributed by atoms with Crippen LogP contribution in [0.3, 0.4) is 0 Å². The maximum absolute atomic E-state index is 12.6. The molecule has 0 bridgehead atoms. The van der Waals surface area contributed by atoms with Gasteiger partial charge < -0.3 is 19.5 Å². The second-order valence-corrected chi connectivity index (χ2v) is 8.70. The van der Waals surface area contributed by atoms with Crippen molar-refractivity contribution in [2.45, 2.75) is 55.7 Å². The van der Waals surface area contributed by atoms with Crippen molar-refractivity contribution in [3.63, 3.8) is 0 Å². The van der Waals surface area contributed by atoms with E-state index in [0.717, 1.165) is 36.5 Å². The molecule has 4 fully saturated rings. The minimum atomic E-state index is -0.810. The van der Waals surface area contributed by atoms with Crippen LogP contribution in [0.5, 0.6) is 11.5 Å². The number of nitrogens with zero attached hydrogens (tertiary/aromatic N) is 1. The first-order valence-electron chi connectivity index (χ1n) is 9.69. The molecule has 27 heavy (non-hydrogen) atoms. The summed E-state index contributed by atoms with van der Waals surface area (Å²) >= 11 is 0. The van der Waals surface area contributed by atoms with Crippen molar-refractivity contribution in [1.29, 1.82) is 0 Å². The van der Waals surface area contributed by atoms with Crippen molar-refractivity contribution in [3.05, 3.63) is 23.3 Å². The van der Waals surface area contributed by atoms with E-state index >= 15 is 0 Å². The third-order valence-electron chi connectivity index (χ3n) is 6.81. The van der Waals surface area contributed by atoms with Crippen LogP contribution in [0, 0.1) is 6.92 Å². The molecule has 2 spiro atoms. The van der Waals surface area contributed by atoms with Gasteiger partial charge in [-0.1, -0.05) is 6.07 Å². The van der Waals surface area contributed by atoms with Gasteiger partial charge in [0.2, 0.25) is 0 Å². The average Bonchev–Trinajstić information content (AvgIpc) is 3.18. The highest BCUT2D eigenvalue weighted by molar-refractivity contribution is 6.08. The molecule has 2 saturated heterocycles. The number of benzene rings is 1. The van der Waals surface area contributed by atoms with Crippen LogP contribution in [0.1, 0.15) is 36.8 Å². The van der Waals surface area contributed by atoms with Crippen LogP contribution < -0.4 is 14.8 Å². The predicted octanol–water partition coefficient (Wildman–Crippen LogP) is 1.65. The van der Waals surface area contributed by atoms with Crippen LogP contribution in [-0.2, 0) is 14.9 Å². The molecule has 0 aromatic heterocycles. The third kappa shape index (κ3) is 2.00. The zero-order valence-electron chi connectivity index (χ0n) is 15.2. The molecule has 5 aliphatic rings. The summed E-state index contributed by atoms with van der Waals surface area (Å²) < 4.78 is 17.4. The Balaban J connectivity index is 1.18. The number of hydrogen-bond acceptors (Lipinski definition) is 5. The van der Waals surface area contributed by atoms with E-state index in [2.05, 4.69) is 12.2 Å². The summed E-state index contributed by atoms with van der Waals surface area (Å²) in [4.78, 5) is 26.3. The van der Waals surface area contributed by atoms with E-state index < -0.39 is 5.54 Å². The van der Waals surface area contributed by atoms with Crippen molar-refractivity contribution in [2.24, 2.45) is 0 Å². The predicted molar refractivity (Wildman–Crippen MR) is 94.0 cm³/mol. The number of ether oxygens (including phenoxy) is 3. The fraction of sp³-hybridized carbons (Fsp3) is 0.600. The number of nitrogens with one attached hydrogen (secondary N) is 1. The number of fused-ring (bicyclic) bond motifs is 2. The molecule has 3 heterocycles. The summed E-state index contributed by atoms with van der Waals surface area (Å²) in [5.74, 6) is 1.75. The standard InChI is InChI=1S/C20H22N2O5/c1-11-2-3-14-15(19(4-5-19)8-26-14)16(11)27-13-6-12(7-13)22-17(23)20(9-25-10-20)21-18(22)24/h2-3,12-13H,4-10H2,1H3,(H,21,24). The van der Waals surface area contributed by atoms with E-state index in [0.29, 0.717) is 12.8 Å². The molecule has 1 N–H and O–H groups in total. The largest absolute Gasteiger partial charge is 0.492 e. The number of hydrogen-bond donors (Lipinski definition) is 1. The van der Waals surface area contributed by atoms with Crippen LogP contribution in [0.25, 0.3) is 0 Å². The van der Waals surface area contributed by atoms with Gasteiger partial charge in [0, 0.05) is 29.9 Å². The SMILES string of the molecule is Cc1ccc2c(c1OC1CC(N3C(=O)NC4(COC4)C3=O)C1)C1(CC1)CO2. The molecule has 3 aliphatic heterocycles. The number of amides is 3. The maximum Gasteiger partial charge on any atom is 0.325 e. The summed E-state index contributed by atoms with van der Waals surface area (Å²) in [5.41, 5.74) is 1.69. The van der Waals surface area contributed by atoms with Crippen molar-refractivity contribution in [2.75, 3.05) is 19.8 Å². The van der Waals surface area contributed by atoms with E-state index in [9.17, 15) is 9.59 Å². The van der Waals surface area contributed by atoms with Gasteiger partial charge in [-0.05, 0) is 31.4 Å². The van der Waals surface area contributed by atoms with Gasteiger partial charge in [-0.15, -0.1) is 0 Å². The molecule has 2 aliphatic carbocycles. The van der Waals surface area contributed by atoms with Crippen molar-refractivity contribution in [1.82, 2.24) is 10.2 Å². The molecule has 6 rings (SSSR count). The first kappa shape index (κ1) is 15.7. The Morgan fingerprint density at radius 2 is 1.96 bits per heavy atom. The number of carbonyl (C=O) groups is 2. The number of carbonyl (C=O) groups excluding carboxylic acids is 2. The molecule has 1 aromatic rings. The summed E-state index contributed by atoms with van der Waals surface area (Å²) in [6.07, 6.45) is 3.67. The highest BCUT2D eigenvalue weighted by Gasteiger charge is 2.59. The zero-order chi connectivity index (χ0) is 18.4. The minimum Gasteiger partial charge on any atom is -0.492 e. The molecular weight excluding hydrogens is 348 g/mol. The Hall–Kier alpha value is -2.28. The minimum absolute atomic E-state index is 0.0198. The van der Waals surface area contributed by atoms with Gasteiger partial charge in [-0.25, -0.2) is 4.79 Å². The Bertz CT molecular complexity index is 867. The molecule has 0 atom stereocenters. The number of imide groups is 1. The van der Waals surface area contributed by atoms with Crippen LogP contribution >= 0.6 is 0 Å². The molecule has 2 saturated carbocycles. The van der Waals surface area contributed by atoms with Crippen molar-refractivity contribution in [3.8, 4) is 11.5 Å². The Kier molecular flexibility index (Phi) is 2.89. The van der Waals surface area contributed by atoms with E-state index in [1.54, 1.807) is 0 Å². The van der Waals surface area contributed by atoms with Gasteiger partial charge in [-0.2, -0.15) is 0 Å². The summed E-state index contributed by atoms with van der Waals surface area (Å²) in [7, 11) is 0. The van der Waals surface area contributed by atoms with Crippen LogP contribution in [-0.4, -0.2) is 54.3 Å². The molecule has 1 aromatic carbocycles. The Morgan fingerprint density at radius 1 is 1.19 bits per heavy atom. The summed E-state index contributed by atoms with van der Waals surface area (Å²) in [6, 6.07) is 3.70. The van der Waals surface area contributed by atoms with Gasteiger partial charge in [-0.3, -0.25) is 9.69 Å². The second-order valence-electron chi connectivity index (χ2n) is 8.70. The normalized spacial score (nSPS) is 31.2. The lowest BCUT2D eigenvalue weighted by molar-refractivity contribution is -0.151. The molecule has 3 amide bonds. The van der Waals surface area contributed by atoms with Gasteiger partial charge >= 0.3 is 6.03 Å². The Morgan fingerprint density at radius 3 is 2.59 bits per heavy atom. The van der Waals surface area contributed by atoms with E-state index in [4.69, 9.17) is 14.2 Å². The van der Waals surface area contributed by atoms with Gasteiger partial charge in [0.1, 0.15) is 17.6 Å². The highest BCUT2D eigenvalue weighted by atomic mass is 16.5. The Labute approximate surface area is 156 Å². The quantitative estimate of drug-likeness (QED) is 0.819. The second kappa shape index (κ2) is 4.95. The third-order valence-corrected chi connectivity index (χ3v) is 6.81. The van der Waals surface area contributed by atoms with E-state index in [-0.39, 0.29) is 42.7 Å². The molecule has 7 heteroatoms. The van der Waals surface area contributed by atoms with Crippen LogP contribution in [0.2, 0.25) is 0 Å². The smallest absolute Gasteiger partial charge is 0.325 e. The maximum atomic E-state index is 12.6. The first-order chi connectivity index (χ1) is 13.0. The molecule has 0 radical (unpaired) electrons. The molecular formula is C20H22N2O5.